The number of phenols is 1. The Morgan fingerprint density at radius 1 is 0.889 bits per heavy atom. The summed E-state index contributed by atoms with van der Waals surface area (Å²) in [6.45, 7) is 1.90. The van der Waals surface area contributed by atoms with Crippen molar-refractivity contribution in [3.05, 3.63) is 29.8 Å². The molecule has 0 aliphatic heterocycles. The fourth-order valence-corrected chi connectivity index (χ4v) is 1.96. The van der Waals surface area contributed by atoms with Crippen LogP contribution in [-0.2, 0) is 0 Å². The van der Waals surface area contributed by atoms with E-state index in [4.69, 9.17) is 0 Å². The van der Waals surface area contributed by atoms with Crippen LogP contribution < -0.4 is 0 Å². The zero-order valence-electron chi connectivity index (χ0n) is 10.5. The average Bonchev–Trinajstić information content (AvgIpc) is 2.36. The summed E-state index contributed by atoms with van der Waals surface area (Å²) in [6.07, 6.45) is 0. The van der Waals surface area contributed by atoms with E-state index in [-0.39, 0.29) is 5.75 Å². The fraction of sp³-hybridized carbons (Fsp3) is 0.231. The predicted octanol–water partition coefficient (Wildman–Crippen LogP) is 4.28. The molecule has 0 atom stereocenters. The van der Waals surface area contributed by atoms with E-state index in [2.05, 4.69) is 20.5 Å². The molecule has 0 aliphatic rings. The lowest BCUT2D eigenvalue weighted by molar-refractivity contribution is 0.482. The second-order valence-corrected chi connectivity index (χ2v) is 3.84. The number of fused-ring (bicyclic) bond motifs is 1. The molecule has 0 radical (unpaired) electrons. The van der Waals surface area contributed by atoms with E-state index >= 15 is 0 Å². The van der Waals surface area contributed by atoms with E-state index in [0.717, 1.165) is 22.0 Å². The second-order valence-electron chi connectivity index (χ2n) is 3.84. The van der Waals surface area contributed by atoms with Crippen LogP contribution in [0.3, 0.4) is 0 Å². The van der Waals surface area contributed by atoms with Crippen LogP contribution >= 0.6 is 0 Å². The summed E-state index contributed by atoms with van der Waals surface area (Å²) in [5, 5.41) is 27.3. The van der Waals surface area contributed by atoms with Crippen molar-refractivity contribution in [1.29, 1.82) is 0 Å². The molecule has 5 heteroatoms. The average molecular weight is 242 g/mol. The largest absolute Gasteiger partial charge is 0.505 e. The highest BCUT2D eigenvalue weighted by molar-refractivity contribution is 5.97. The van der Waals surface area contributed by atoms with Gasteiger partial charge in [0.2, 0.25) is 0 Å². The first-order valence-corrected chi connectivity index (χ1v) is 5.54. The van der Waals surface area contributed by atoms with Crippen LogP contribution in [0.25, 0.3) is 10.8 Å². The highest BCUT2D eigenvalue weighted by atomic mass is 16.3. The molecule has 0 fully saturated rings. The van der Waals surface area contributed by atoms with E-state index in [0.29, 0.717) is 5.69 Å². The molecule has 92 valence electrons. The molecule has 2 aromatic carbocycles. The molecule has 0 heterocycles. The standard InChI is InChI=1S/C13H14N4O/c1-8-10(16-14-2)6-4-9-5-7-11(17-15-3)13(18)12(8)9/h4-7,18H,1-3H3. The lowest BCUT2D eigenvalue weighted by Crippen LogP contribution is -1.81. The van der Waals surface area contributed by atoms with E-state index in [1.54, 1.807) is 20.2 Å². The molecule has 2 aromatic rings. The molecule has 18 heavy (non-hydrogen) atoms. The number of aromatic hydroxyl groups is 1. The van der Waals surface area contributed by atoms with Gasteiger partial charge in [0.1, 0.15) is 5.69 Å². The molecule has 0 saturated heterocycles. The summed E-state index contributed by atoms with van der Waals surface area (Å²) < 4.78 is 0. The topological polar surface area (TPSA) is 69.7 Å². The fourth-order valence-electron chi connectivity index (χ4n) is 1.96. The molecule has 0 bridgehead atoms. The SMILES string of the molecule is CN=Nc1ccc2ccc(N=NC)c(O)c2c1C. The summed E-state index contributed by atoms with van der Waals surface area (Å²) in [6, 6.07) is 7.42. The Kier molecular flexibility index (Phi) is 3.32. The Bertz CT molecular complexity index is 594. The van der Waals surface area contributed by atoms with Crippen LogP contribution in [0.2, 0.25) is 0 Å². The Morgan fingerprint density at radius 2 is 1.44 bits per heavy atom. The van der Waals surface area contributed by atoms with Gasteiger partial charge in [-0.2, -0.15) is 20.5 Å². The van der Waals surface area contributed by atoms with Gasteiger partial charge in [0.25, 0.3) is 0 Å². The van der Waals surface area contributed by atoms with Gasteiger partial charge in [-0.15, -0.1) is 0 Å². The van der Waals surface area contributed by atoms with E-state index in [1.165, 1.54) is 0 Å². The van der Waals surface area contributed by atoms with E-state index < -0.39 is 0 Å². The lowest BCUT2D eigenvalue weighted by atomic mass is 10.0. The maximum absolute atomic E-state index is 10.2. The molecule has 0 spiro atoms. The lowest BCUT2D eigenvalue weighted by Gasteiger charge is -2.08. The number of nitrogens with zero attached hydrogens (tertiary/aromatic N) is 4. The molecule has 0 saturated carbocycles. The third-order valence-corrected chi connectivity index (χ3v) is 2.78. The number of aryl methyl sites for hydroxylation is 1. The number of rotatable bonds is 2. The summed E-state index contributed by atoms with van der Waals surface area (Å²) in [7, 11) is 3.18. The first-order chi connectivity index (χ1) is 8.69. The quantitative estimate of drug-likeness (QED) is 0.784. The van der Waals surface area contributed by atoms with Gasteiger partial charge in [-0.1, -0.05) is 12.1 Å². The minimum Gasteiger partial charge on any atom is -0.505 e. The zero-order chi connectivity index (χ0) is 13.1. The third kappa shape index (κ3) is 1.95. The van der Waals surface area contributed by atoms with Gasteiger partial charge >= 0.3 is 0 Å². The summed E-state index contributed by atoms with van der Waals surface area (Å²) in [5.74, 6) is 0.128. The first-order valence-electron chi connectivity index (χ1n) is 5.54. The van der Waals surface area contributed by atoms with Gasteiger partial charge < -0.3 is 5.11 Å². The Labute approximate surface area is 105 Å². The van der Waals surface area contributed by atoms with Crippen LogP contribution in [0.1, 0.15) is 5.56 Å². The normalized spacial score (nSPS) is 11.9. The highest BCUT2D eigenvalue weighted by Gasteiger charge is 2.11. The summed E-state index contributed by atoms with van der Waals surface area (Å²) in [4.78, 5) is 0. The minimum atomic E-state index is 0.128. The molecule has 0 aromatic heterocycles. The van der Waals surface area contributed by atoms with Crippen molar-refractivity contribution >= 4 is 22.1 Å². The zero-order valence-corrected chi connectivity index (χ0v) is 10.5. The van der Waals surface area contributed by atoms with Crippen molar-refractivity contribution in [3.8, 4) is 5.75 Å². The predicted molar refractivity (Wildman–Crippen MR) is 71.2 cm³/mol. The van der Waals surface area contributed by atoms with Crippen molar-refractivity contribution in [2.45, 2.75) is 6.92 Å². The molecule has 2 rings (SSSR count). The number of azo groups is 2. The Hall–Kier alpha value is -2.30. The first kappa shape index (κ1) is 12.2. The molecule has 5 nitrogen and oxygen atoms in total. The Balaban J connectivity index is 2.81. The summed E-state index contributed by atoms with van der Waals surface area (Å²) in [5.41, 5.74) is 2.08. The molecule has 0 aliphatic carbocycles. The van der Waals surface area contributed by atoms with Crippen LogP contribution in [0, 0.1) is 6.92 Å². The summed E-state index contributed by atoms with van der Waals surface area (Å²) >= 11 is 0. The van der Waals surface area contributed by atoms with Crippen LogP contribution in [0.15, 0.2) is 44.7 Å². The van der Waals surface area contributed by atoms with Gasteiger partial charge in [-0.05, 0) is 30.0 Å². The van der Waals surface area contributed by atoms with Crippen molar-refractivity contribution in [3.63, 3.8) is 0 Å². The molecular formula is C13H14N4O. The van der Waals surface area contributed by atoms with E-state index in [9.17, 15) is 5.11 Å². The molecular weight excluding hydrogens is 228 g/mol. The number of hydrogen-bond acceptors (Lipinski definition) is 5. The van der Waals surface area contributed by atoms with Crippen LogP contribution in [0.4, 0.5) is 11.4 Å². The van der Waals surface area contributed by atoms with Gasteiger partial charge in [0.15, 0.2) is 5.75 Å². The molecule has 0 amide bonds. The maximum Gasteiger partial charge on any atom is 0.151 e. The van der Waals surface area contributed by atoms with Crippen LogP contribution in [-0.4, -0.2) is 19.2 Å². The van der Waals surface area contributed by atoms with Gasteiger partial charge in [0, 0.05) is 19.5 Å². The van der Waals surface area contributed by atoms with Crippen molar-refractivity contribution in [1.82, 2.24) is 0 Å². The smallest absolute Gasteiger partial charge is 0.151 e. The van der Waals surface area contributed by atoms with Crippen molar-refractivity contribution < 1.29 is 5.11 Å². The van der Waals surface area contributed by atoms with Crippen molar-refractivity contribution in [2.75, 3.05) is 14.1 Å². The maximum atomic E-state index is 10.2. The second kappa shape index (κ2) is 4.91. The van der Waals surface area contributed by atoms with Gasteiger partial charge in [-0.3, -0.25) is 0 Å². The molecule has 0 unspecified atom stereocenters. The van der Waals surface area contributed by atoms with Gasteiger partial charge in [0.05, 0.1) is 5.69 Å². The monoisotopic (exact) mass is 242 g/mol. The van der Waals surface area contributed by atoms with E-state index in [1.807, 2.05) is 25.1 Å². The van der Waals surface area contributed by atoms with Crippen molar-refractivity contribution in [2.24, 2.45) is 20.5 Å². The van der Waals surface area contributed by atoms with Gasteiger partial charge in [-0.25, -0.2) is 0 Å². The number of phenolic OH excluding ortho intramolecular Hbond substituents is 1. The molecule has 1 N–H and O–H groups in total. The number of benzene rings is 2. The van der Waals surface area contributed by atoms with Crippen LogP contribution in [0.5, 0.6) is 5.75 Å². The minimum absolute atomic E-state index is 0.128. The Morgan fingerprint density at radius 3 is 2.06 bits per heavy atom. The third-order valence-electron chi connectivity index (χ3n) is 2.78. The highest BCUT2D eigenvalue weighted by Crippen LogP contribution is 2.39. The number of hydrogen-bond donors (Lipinski definition) is 1.